The van der Waals surface area contributed by atoms with E-state index in [0.717, 1.165) is 0 Å². The Kier molecular flexibility index (Phi) is 5.87. The Morgan fingerprint density at radius 1 is 1.15 bits per heavy atom. The van der Waals surface area contributed by atoms with Gasteiger partial charge in [0.2, 0.25) is 5.88 Å². The smallest absolute Gasteiger partial charge is 0.422 e. The van der Waals surface area contributed by atoms with Gasteiger partial charge in [0.15, 0.2) is 6.61 Å². The average Bonchev–Trinajstić information content (AvgIpc) is 3.32. The van der Waals surface area contributed by atoms with Crippen LogP contribution in [0.5, 0.6) is 5.88 Å². The summed E-state index contributed by atoms with van der Waals surface area (Å²) in [7, 11) is 0. The Balaban J connectivity index is 1.72. The van der Waals surface area contributed by atoms with Gasteiger partial charge in [-0.15, -0.1) is 0 Å². The van der Waals surface area contributed by atoms with Crippen LogP contribution in [0.2, 0.25) is 0 Å². The van der Waals surface area contributed by atoms with E-state index in [0.29, 0.717) is 0 Å². The molecule has 11 heteroatoms. The minimum Gasteiger partial charge on any atom is -0.468 e. The Morgan fingerprint density at radius 2 is 1.85 bits per heavy atom. The zero-order chi connectivity index (χ0) is 19.4. The van der Waals surface area contributed by atoms with Crippen molar-refractivity contribution in [3.05, 3.63) is 23.9 Å². The lowest BCUT2D eigenvalue weighted by Crippen LogP contribution is -2.38. The molecule has 2 N–H and O–H groups in total. The number of ether oxygens (including phenoxy) is 1. The van der Waals surface area contributed by atoms with E-state index in [4.69, 9.17) is 0 Å². The number of urea groups is 1. The Labute approximate surface area is 145 Å². The van der Waals surface area contributed by atoms with E-state index in [9.17, 15) is 31.1 Å². The minimum atomic E-state index is -4.49. The summed E-state index contributed by atoms with van der Waals surface area (Å²) in [4.78, 5) is 15.4. The van der Waals surface area contributed by atoms with Gasteiger partial charge in [0, 0.05) is 12.6 Å². The zero-order valence-corrected chi connectivity index (χ0v) is 13.5. The van der Waals surface area contributed by atoms with Crippen LogP contribution in [0.1, 0.15) is 25.0 Å². The molecule has 0 unspecified atom stereocenters. The number of hydrogen-bond acceptors (Lipinski definition) is 3. The third-order valence-electron chi connectivity index (χ3n) is 3.94. The lowest BCUT2D eigenvalue weighted by molar-refractivity contribution is -0.188. The Bertz CT molecular complexity index is 629. The van der Waals surface area contributed by atoms with Gasteiger partial charge in [-0.05, 0) is 25.3 Å². The highest BCUT2D eigenvalue weighted by molar-refractivity contribution is 5.73. The lowest BCUT2D eigenvalue weighted by atomic mass is 10.0. The minimum absolute atomic E-state index is 0.0639. The summed E-state index contributed by atoms with van der Waals surface area (Å²) in [5, 5.41) is 4.70. The monoisotopic (exact) mass is 385 g/mol. The summed E-state index contributed by atoms with van der Waals surface area (Å²) in [6.07, 6.45) is -8.83. The standard InChI is InChI=1S/C15H17F6N3O2/c16-14(17,18)9-26-11-3-1-2-10(24-11)8-23-12(25)22-7-6-13(4-5-13)15(19,20)21/h1-3H,4-9H2,(H2,22,23,25). The molecule has 5 nitrogen and oxygen atoms in total. The molecule has 2 amide bonds. The molecule has 146 valence electrons. The second-order valence-corrected chi connectivity index (χ2v) is 6.01. The summed E-state index contributed by atoms with van der Waals surface area (Å²) < 4.78 is 79.0. The zero-order valence-electron chi connectivity index (χ0n) is 13.5. The highest BCUT2D eigenvalue weighted by Crippen LogP contribution is 2.59. The van der Waals surface area contributed by atoms with Gasteiger partial charge in [0.1, 0.15) is 0 Å². The molecular weight excluding hydrogens is 368 g/mol. The molecule has 1 aliphatic carbocycles. The normalized spacial score (nSPS) is 16.1. The number of hydrogen-bond donors (Lipinski definition) is 2. The molecule has 2 rings (SSSR count). The van der Waals surface area contributed by atoms with E-state index >= 15 is 0 Å². The predicted molar refractivity (Wildman–Crippen MR) is 78.4 cm³/mol. The van der Waals surface area contributed by atoms with Crippen LogP contribution in [0, 0.1) is 5.41 Å². The van der Waals surface area contributed by atoms with Crippen LogP contribution in [0.3, 0.4) is 0 Å². The first-order chi connectivity index (χ1) is 12.0. The van der Waals surface area contributed by atoms with E-state index in [1.807, 2.05) is 0 Å². The summed E-state index contributed by atoms with van der Waals surface area (Å²) in [6.45, 7) is -1.73. The fraction of sp³-hybridized carbons (Fsp3) is 0.600. The largest absolute Gasteiger partial charge is 0.468 e. The number of amides is 2. The van der Waals surface area contributed by atoms with Crippen LogP contribution in [0.15, 0.2) is 18.2 Å². The van der Waals surface area contributed by atoms with E-state index in [1.54, 1.807) is 0 Å². The summed E-state index contributed by atoms with van der Waals surface area (Å²) in [5.41, 5.74) is -1.44. The second-order valence-electron chi connectivity index (χ2n) is 6.01. The van der Waals surface area contributed by atoms with E-state index < -0.39 is 30.4 Å². The van der Waals surface area contributed by atoms with Crippen molar-refractivity contribution in [3.8, 4) is 5.88 Å². The molecule has 0 atom stereocenters. The van der Waals surface area contributed by atoms with E-state index in [2.05, 4.69) is 20.4 Å². The third kappa shape index (κ3) is 5.95. The van der Waals surface area contributed by atoms with E-state index in [1.165, 1.54) is 18.2 Å². The van der Waals surface area contributed by atoms with Crippen molar-refractivity contribution < 1.29 is 35.9 Å². The van der Waals surface area contributed by atoms with Crippen LogP contribution < -0.4 is 15.4 Å². The molecule has 1 saturated carbocycles. The molecule has 1 heterocycles. The van der Waals surface area contributed by atoms with Gasteiger partial charge in [0.05, 0.1) is 17.7 Å². The van der Waals surface area contributed by atoms with Gasteiger partial charge >= 0.3 is 18.4 Å². The fourth-order valence-corrected chi connectivity index (χ4v) is 2.27. The molecule has 0 spiro atoms. The van der Waals surface area contributed by atoms with Crippen molar-refractivity contribution in [3.63, 3.8) is 0 Å². The van der Waals surface area contributed by atoms with Crippen LogP contribution in [-0.4, -0.2) is 36.5 Å². The molecule has 1 aromatic rings. The van der Waals surface area contributed by atoms with Gasteiger partial charge in [-0.3, -0.25) is 0 Å². The van der Waals surface area contributed by atoms with Crippen LogP contribution >= 0.6 is 0 Å². The number of rotatable bonds is 7. The molecular formula is C15H17F6N3O2. The third-order valence-corrected chi connectivity index (χ3v) is 3.94. The highest BCUT2D eigenvalue weighted by Gasteiger charge is 2.62. The summed E-state index contributed by atoms with van der Waals surface area (Å²) >= 11 is 0. The predicted octanol–water partition coefficient (Wildman–Crippen LogP) is 3.55. The number of nitrogens with one attached hydrogen (secondary N) is 2. The van der Waals surface area contributed by atoms with Crippen LogP contribution in [0.4, 0.5) is 31.1 Å². The number of carbonyl (C=O) groups excluding carboxylic acids is 1. The number of carbonyl (C=O) groups is 1. The maximum Gasteiger partial charge on any atom is 0.422 e. The molecule has 1 aliphatic rings. The SMILES string of the molecule is O=C(NCCC1(C(F)(F)F)CC1)NCc1cccc(OCC(F)(F)F)n1. The van der Waals surface area contributed by atoms with Crippen molar-refractivity contribution in [1.82, 2.24) is 15.6 Å². The maximum atomic E-state index is 12.7. The lowest BCUT2D eigenvalue weighted by Gasteiger charge is -2.19. The molecule has 26 heavy (non-hydrogen) atoms. The molecule has 0 radical (unpaired) electrons. The quantitative estimate of drug-likeness (QED) is 0.706. The Hall–Kier alpha value is -2.20. The molecule has 1 aromatic heterocycles. The van der Waals surface area contributed by atoms with Crippen LogP contribution in [0.25, 0.3) is 0 Å². The topological polar surface area (TPSA) is 63.2 Å². The molecule has 0 aliphatic heterocycles. The van der Waals surface area contributed by atoms with Gasteiger partial charge in [-0.1, -0.05) is 6.07 Å². The first-order valence-electron chi connectivity index (χ1n) is 7.75. The van der Waals surface area contributed by atoms with Crippen molar-refractivity contribution in [2.24, 2.45) is 5.41 Å². The first kappa shape index (κ1) is 20.1. The van der Waals surface area contributed by atoms with E-state index in [-0.39, 0.29) is 43.9 Å². The first-order valence-corrected chi connectivity index (χ1v) is 7.75. The van der Waals surface area contributed by atoms with Crippen LogP contribution in [-0.2, 0) is 6.54 Å². The second kappa shape index (κ2) is 7.58. The summed E-state index contributed by atoms with van der Waals surface area (Å²) in [6, 6.07) is 3.42. The average molecular weight is 385 g/mol. The van der Waals surface area contributed by atoms with Gasteiger partial charge in [0.25, 0.3) is 0 Å². The number of nitrogens with zero attached hydrogens (tertiary/aromatic N) is 1. The fourth-order valence-electron chi connectivity index (χ4n) is 2.27. The van der Waals surface area contributed by atoms with Gasteiger partial charge < -0.3 is 15.4 Å². The number of alkyl halides is 6. The van der Waals surface area contributed by atoms with Gasteiger partial charge in [-0.2, -0.15) is 26.3 Å². The maximum absolute atomic E-state index is 12.7. The molecule has 0 bridgehead atoms. The Morgan fingerprint density at radius 3 is 2.42 bits per heavy atom. The number of aromatic nitrogens is 1. The highest BCUT2D eigenvalue weighted by atomic mass is 19.4. The van der Waals surface area contributed by atoms with Crippen molar-refractivity contribution in [2.75, 3.05) is 13.2 Å². The van der Waals surface area contributed by atoms with Crippen molar-refractivity contribution in [2.45, 2.75) is 38.2 Å². The van der Waals surface area contributed by atoms with Crippen molar-refractivity contribution in [1.29, 1.82) is 0 Å². The number of halogens is 6. The summed E-state index contributed by atoms with van der Waals surface area (Å²) in [5.74, 6) is -0.247. The number of pyridine rings is 1. The molecule has 0 aromatic carbocycles. The molecule has 0 saturated heterocycles. The van der Waals surface area contributed by atoms with Gasteiger partial charge in [-0.25, -0.2) is 9.78 Å². The molecule has 1 fully saturated rings. The van der Waals surface area contributed by atoms with Crippen molar-refractivity contribution >= 4 is 6.03 Å².